The molecule has 2 aromatic carbocycles. The SMILES string of the molecule is COc1ccccc1CCCNC(=O)C(C)Oc1ccc(C(C)(C)C)cc1. The minimum absolute atomic E-state index is 0.100. The standard InChI is InChI=1S/C23H31NO3/c1-17(27-20-14-12-19(13-15-20)23(2,3)4)22(25)24-16-8-10-18-9-6-7-11-21(18)26-5/h6-7,9,11-15,17H,8,10,16H2,1-5H3,(H,24,25). The van der Waals surface area contributed by atoms with Crippen molar-refractivity contribution in [3.05, 3.63) is 59.7 Å². The van der Waals surface area contributed by atoms with E-state index in [4.69, 9.17) is 9.47 Å². The first-order valence-electron chi connectivity index (χ1n) is 9.48. The van der Waals surface area contributed by atoms with Crippen LogP contribution >= 0.6 is 0 Å². The van der Waals surface area contributed by atoms with Crippen molar-refractivity contribution in [2.75, 3.05) is 13.7 Å². The van der Waals surface area contributed by atoms with Crippen molar-refractivity contribution in [1.82, 2.24) is 5.32 Å². The molecular formula is C23H31NO3. The first kappa shape index (κ1) is 20.8. The van der Waals surface area contributed by atoms with Crippen LogP contribution in [0.1, 0.15) is 45.2 Å². The van der Waals surface area contributed by atoms with E-state index >= 15 is 0 Å². The molecule has 1 amide bonds. The molecule has 4 heteroatoms. The zero-order valence-corrected chi connectivity index (χ0v) is 17.0. The van der Waals surface area contributed by atoms with Gasteiger partial charge in [0.2, 0.25) is 0 Å². The second-order valence-corrected chi connectivity index (χ2v) is 7.74. The summed E-state index contributed by atoms with van der Waals surface area (Å²) in [5.74, 6) is 1.49. The quantitative estimate of drug-likeness (QED) is 0.697. The van der Waals surface area contributed by atoms with Gasteiger partial charge in [-0.25, -0.2) is 0 Å². The Hall–Kier alpha value is -2.49. The first-order chi connectivity index (χ1) is 12.8. The fourth-order valence-corrected chi connectivity index (χ4v) is 2.83. The predicted molar refractivity (Wildman–Crippen MR) is 110 cm³/mol. The fourth-order valence-electron chi connectivity index (χ4n) is 2.83. The molecule has 1 atom stereocenters. The molecule has 0 saturated heterocycles. The maximum absolute atomic E-state index is 12.2. The molecule has 2 rings (SSSR count). The molecule has 0 bridgehead atoms. The molecule has 0 spiro atoms. The summed E-state index contributed by atoms with van der Waals surface area (Å²) in [7, 11) is 1.67. The maximum Gasteiger partial charge on any atom is 0.260 e. The summed E-state index contributed by atoms with van der Waals surface area (Å²) < 4.78 is 11.1. The van der Waals surface area contributed by atoms with Gasteiger partial charge in [-0.05, 0) is 54.5 Å². The van der Waals surface area contributed by atoms with Crippen LogP contribution in [0.5, 0.6) is 11.5 Å². The van der Waals surface area contributed by atoms with Crippen LogP contribution in [0.3, 0.4) is 0 Å². The minimum Gasteiger partial charge on any atom is -0.496 e. The molecule has 1 N–H and O–H groups in total. The third kappa shape index (κ3) is 6.31. The lowest BCUT2D eigenvalue weighted by molar-refractivity contribution is -0.127. The van der Waals surface area contributed by atoms with Gasteiger partial charge in [0.05, 0.1) is 7.11 Å². The van der Waals surface area contributed by atoms with Crippen molar-refractivity contribution < 1.29 is 14.3 Å². The summed E-state index contributed by atoms with van der Waals surface area (Å²) in [6, 6.07) is 15.9. The lowest BCUT2D eigenvalue weighted by Crippen LogP contribution is -2.36. The summed E-state index contributed by atoms with van der Waals surface area (Å²) in [6.45, 7) is 8.89. The van der Waals surface area contributed by atoms with E-state index in [1.165, 1.54) is 5.56 Å². The van der Waals surface area contributed by atoms with Crippen molar-refractivity contribution in [1.29, 1.82) is 0 Å². The number of benzene rings is 2. The molecule has 0 radical (unpaired) electrons. The lowest BCUT2D eigenvalue weighted by Gasteiger charge is -2.20. The molecule has 27 heavy (non-hydrogen) atoms. The molecule has 0 fully saturated rings. The number of hydrogen-bond donors (Lipinski definition) is 1. The highest BCUT2D eigenvalue weighted by Gasteiger charge is 2.16. The summed E-state index contributed by atoms with van der Waals surface area (Å²) >= 11 is 0. The van der Waals surface area contributed by atoms with Gasteiger partial charge in [-0.15, -0.1) is 0 Å². The van der Waals surface area contributed by atoms with Crippen LogP contribution in [-0.2, 0) is 16.6 Å². The van der Waals surface area contributed by atoms with Gasteiger partial charge < -0.3 is 14.8 Å². The largest absolute Gasteiger partial charge is 0.496 e. The van der Waals surface area contributed by atoms with Crippen LogP contribution < -0.4 is 14.8 Å². The Morgan fingerprint density at radius 1 is 1.07 bits per heavy atom. The number of para-hydroxylation sites is 1. The second kappa shape index (κ2) is 9.45. The van der Waals surface area contributed by atoms with Crippen LogP contribution in [0.2, 0.25) is 0 Å². The van der Waals surface area contributed by atoms with E-state index in [0.717, 1.165) is 24.2 Å². The van der Waals surface area contributed by atoms with Crippen molar-refractivity contribution in [3.63, 3.8) is 0 Å². The molecule has 0 aliphatic heterocycles. The fraction of sp³-hybridized carbons (Fsp3) is 0.435. The average molecular weight is 370 g/mol. The topological polar surface area (TPSA) is 47.6 Å². The normalized spacial score (nSPS) is 12.3. The molecule has 0 aromatic heterocycles. The zero-order valence-electron chi connectivity index (χ0n) is 17.0. The van der Waals surface area contributed by atoms with Gasteiger partial charge in [-0.2, -0.15) is 0 Å². The van der Waals surface area contributed by atoms with E-state index in [1.807, 2.05) is 48.5 Å². The number of methoxy groups -OCH3 is 1. The van der Waals surface area contributed by atoms with E-state index in [-0.39, 0.29) is 11.3 Å². The molecule has 1 unspecified atom stereocenters. The van der Waals surface area contributed by atoms with Crippen molar-refractivity contribution in [3.8, 4) is 11.5 Å². The van der Waals surface area contributed by atoms with E-state index in [0.29, 0.717) is 12.3 Å². The lowest BCUT2D eigenvalue weighted by atomic mass is 9.87. The highest BCUT2D eigenvalue weighted by atomic mass is 16.5. The molecule has 146 valence electrons. The van der Waals surface area contributed by atoms with Gasteiger partial charge in [0.1, 0.15) is 11.5 Å². The van der Waals surface area contributed by atoms with Crippen molar-refractivity contribution in [2.45, 2.75) is 52.1 Å². The molecule has 0 aliphatic carbocycles. The molecular weight excluding hydrogens is 338 g/mol. The van der Waals surface area contributed by atoms with Crippen LogP contribution in [0.25, 0.3) is 0 Å². The summed E-state index contributed by atoms with van der Waals surface area (Å²) in [4.78, 5) is 12.2. The first-order valence-corrected chi connectivity index (χ1v) is 9.48. The van der Waals surface area contributed by atoms with E-state index in [1.54, 1.807) is 14.0 Å². The van der Waals surface area contributed by atoms with Crippen LogP contribution in [0.4, 0.5) is 0 Å². The number of nitrogens with one attached hydrogen (secondary N) is 1. The molecule has 0 aliphatic rings. The third-order valence-corrected chi connectivity index (χ3v) is 4.52. The number of ether oxygens (including phenoxy) is 2. The number of amides is 1. The van der Waals surface area contributed by atoms with Crippen LogP contribution in [-0.4, -0.2) is 25.7 Å². The van der Waals surface area contributed by atoms with Gasteiger partial charge in [-0.1, -0.05) is 51.1 Å². The number of carbonyl (C=O) groups is 1. The maximum atomic E-state index is 12.2. The Morgan fingerprint density at radius 2 is 1.74 bits per heavy atom. The molecule has 4 nitrogen and oxygen atoms in total. The number of carbonyl (C=O) groups excluding carboxylic acids is 1. The predicted octanol–water partition coefficient (Wildman–Crippen LogP) is 4.51. The molecule has 0 saturated carbocycles. The molecule has 0 heterocycles. The molecule has 2 aromatic rings. The van der Waals surface area contributed by atoms with Crippen LogP contribution in [0.15, 0.2) is 48.5 Å². The van der Waals surface area contributed by atoms with Gasteiger partial charge in [0.15, 0.2) is 6.10 Å². The summed E-state index contributed by atoms with van der Waals surface area (Å²) in [5, 5.41) is 2.94. The van der Waals surface area contributed by atoms with E-state index in [9.17, 15) is 4.79 Å². The van der Waals surface area contributed by atoms with Gasteiger partial charge in [0.25, 0.3) is 5.91 Å². The Bertz CT molecular complexity index is 732. The van der Waals surface area contributed by atoms with Gasteiger partial charge >= 0.3 is 0 Å². The number of rotatable bonds is 8. The Morgan fingerprint density at radius 3 is 2.37 bits per heavy atom. The monoisotopic (exact) mass is 369 g/mol. The Labute approximate surface area is 162 Å². The Balaban J connectivity index is 1.77. The second-order valence-electron chi connectivity index (χ2n) is 7.74. The Kier molecular flexibility index (Phi) is 7.28. The number of hydrogen-bond acceptors (Lipinski definition) is 3. The summed E-state index contributed by atoms with van der Waals surface area (Å²) in [5.41, 5.74) is 2.49. The third-order valence-electron chi connectivity index (χ3n) is 4.52. The average Bonchev–Trinajstić information content (AvgIpc) is 2.65. The smallest absolute Gasteiger partial charge is 0.260 e. The van der Waals surface area contributed by atoms with Gasteiger partial charge in [0, 0.05) is 6.54 Å². The van der Waals surface area contributed by atoms with Crippen LogP contribution in [0, 0.1) is 0 Å². The highest BCUT2D eigenvalue weighted by molar-refractivity contribution is 5.80. The highest BCUT2D eigenvalue weighted by Crippen LogP contribution is 2.24. The summed E-state index contributed by atoms with van der Waals surface area (Å²) in [6.07, 6.45) is 1.17. The number of aryl methyl sites for hydroxylation is 1. The zero-order chi connectivity index (χ0) is 19.9. The van der Waals surface area contributed by atoms with E-state index < -0.39 is 6.10 Å². The van der Waals surface area contributed by atoms with E-state index in [2.05, 4.69) is 26.1 Å². The van der Waals surface area contributed by atoms with Crippen molar-refractivity contribution >= 4 is 5.91 Å². The minimum atomic E-state index is -0.531. The van der Waals surface area contributed by atoms with Gasteiger partial charge in [-0.3, -0.25) is 4.79 Å². The van der Waals surface area contributed by atoms with Crippen molar-refractivity contribution in [2.24, 2.45) is 0 Å².